The predicted octanol–water partition coefficient (Wildman–Crippen LogP) is 1.75. The highest BCUT2D eigenvalue weighted by Crippen LogP contribution is 2.22. The van der Waals surface area contributed by atoms with E-state index in [0.717, 1.165) is 25.2 Å². The molecule has 1 aliphatic heterocycles. The van der Waals surface area contributed by atoms with Gasteiger partial charge in [0, 0.05) is 26.2 Å². The highest BCUT2D eigenvalue weighted by molar-refractivity contribution is 5.80. The molecular weight excluding hydrogens is 281 g/mol. The van der Waals surface area contributed by atoms with Crippen molar-refractivity contribution in [1.82, 2.24) is 15.5 Å². The molecule has 2 N–H and O–H groups in total. The number of guanidine groups is 1. The highest BCUT2D eigenvalue weighted by Gasteiger charge is 2.34. The molecule has 1 aliphatic carbocycles. The Hall–Kier alpha value is -1.24. The lowest BCUT2D eigenvalue weighted by molar-refractivity contribution is -0.143. The predicted molar refractivity (Wildman–Crippen MR) is 77.3 cm³/mol. The van der Waals surface area contributed by atoms with Crippen molar-refractivity contribution in [2.45, 2.75) is 31.5 Å². The first-order chi connectivity index (χ1) is 9.96. The number of alkyl halides is 3. The van der Waals surface area contributed by atoms with Crippen LogP contribution in [-0.2, 0) is 0 Å². The maximum absolute atomic E-state index is 12.3. The molecule has 4 nitrogen and oxygen atoms in total. The van der Waals surface area contributed by atoms with Crippen molar-refractivity contribution in [2.24, 2.45) is 10.9 Å². The van der Waals surface area contributed by atoms with Crippen LogP contribution in [0.2, 0.25) is 0 Å². The summed E-state index contributed by atoms with van der Waals surface area (Å²) in [5.41, 5.74) is 0. The first-order valence-corrected chi connectivity index (χ1v) is 7.37. The van der Waals surface area contributed by atoms with E-state index in [-0.39, 0.29) is 5.92 Å². The van der Waals surface area contributed by atoms with E-state index in [1.165, 1.54) is 4.90 Å². The molecule has 0 spiro atoms. The second kappa shape index (κ2) is 7.15. The summed E-state index contributed by atoms with van der Waals surface area (Å²) in [6, 6.07) is 0.376. The minimum Gasteiger partial charge on any atom is -0.356 e. The van der Waals surface area contributed by atoms with Gasteiger partial charge in [0.2, 0.25) is 0 Å². The second-order valence-electron chi connectivity index (χ2n) is 5.74. The normalized spacial score (nSPS) is 24.8. The summed E-state index contributed by atoms with van der Waals surface area (Å²) < 4.78 is 37.0. The van der Waals surface area contributed by atoms with E-state index in [4.69, 9.17) is 0 Å². The fourth-order valence-electron chi connectivity index (χ4n) is 2.84. The fraction of sp³-hybridized carbons (Fsp3) is 0.786. The van der Waals surface area contributed by atoms with Crippen LogP contribution in [0.3, 0.4) is 0 Å². The summed E-state index contributed by atoms with van der Waals surface area (Å²) in [5, 5.41) is 6.55. The molecule has 2 aliphatic rings. The number of nitrogens with one attached hydrogen (secondary N) is 2. The molecule has 2 rings (SSSR count). The molecule has 1 heterocycles. The Bertz CT molecular complexity index is 384. The van der Waals surface area contributed by atoms with E-state index in [2.05, 4.69) is 27.8 Å². The van der Waals surface area contributed by atoms with E-state index in [1.807, 2.05) is 0 Å². The van der Waals surface area contributed by atoms with Crippen LogP contribution < -0.4 is 10.6 Å². The Labute approximate surface area is 123 Å². The van der Waals surface area contributed by atoms with Crippen molar-refractivity contribution in [3.05, 3.63) is 12.2 Å². The first-order valence-electron chi connectivity index (χ1n) is 7.37. The highest BCUT2D eigenvalue weighted by atomic mass is 19.4. The minimum atomic E-state index is -4.10. The number of nitrogens with zero attached hydrogens (tertiary/aromatic N) is 2. The molecule has 7 heteroatoms. The third-order valence-electron chi connectivity index (χ3n) is 3.90. The van der Waals surface area contributed by atoms with E-state index in [9.17, 15) is 13.2 Å². The van der Waals surface area contributed by atoms with Gasteiger partial charge in [-0.15, -0.1) is 0 Å². The zero-order valence-electron chi connectivity index (χ0n) is 12.3. The molecule has 1 saturated heterocycles. The number of likely N-dealkylation sites (tertiary alicyclic amines) is 1. The van der Waals surface area contributed by atoms with E-state index < -0.39 is 12.7 Å². The van der Waals surface area contributed by atoms with Gasteiger partial charge in [0.15, 0.2) is 5.96 Å². The van der Waals surface area contributed by atoms with Crippen LogP contribution in [0.4, 0.5) is 13.2 Å². The van der Waals surface area contributed by atoms with Crippen molar-refractivity contribution in [2.75, 3.05) is 33.2 Å². The number of hydrogen-bond acceptors (Lipinski definition) is 2. The first kappa shape index (κ1) is 16.1. The van der Waals surface area contributed by atoms with Crippen molar-refractivity contribution in [3.8, 4) is 0 Å². The number of aliphatic imine (C=N–C) groups is 1. The minimum absolute atomic E-state index is 0.243. The summed E-state index contributed by atoms with van der Waals surface area (Å²) in [6.07, 6.45) is 2.95. The molecule has 1 fully saturated rings. The van der Waals surface area contributed by atoms with Gasteiger partial charge in [0.25, 0.3) is 0 Å². The van der Waals surface area contributed by atoms with Crippen LogP contribution in [0.25, 0.3) is 0 Å². The molecular formula is C14H23F3N4. The lowest BCUT2D eigenvalue weighted by Crippen LogP contribution is -2.44. The lowest BCUT2D eigenvalue weighted by atomic mass is 10.1. The molecule has 0 aromatic rings. The third-order valence-corrected chi connectivity index (χ3v) is 3.90. The number of hydrogen-bond donors (Lipinski definition) is 2. The van der Waals surface area contributed by atoms with Crippen molar-refractivity contribution >= 4 is 5.96 Å². The van der Waals surface area contributed by atoms with Crippen LogP contribution in [0, 0.1) is 5.92 Å². The summed E-state index contributed by atoms with van der Waals surface area (Å²) in [4.78, 5) is 5.64. The van der Waals surface area contributed by atoms with E-state index in [1.54, 1.807) is 7.05 Å². The Kier molecular flexibility index (Phi) is 5.50. The Morgan fingerprint density at radius 2 is 2.05 bits per heavy atom. The Morgan fingerprint density at radius 3 is 2.67 bits per heavy atom. The maximum atomic E-state index is 12.3. The van der Waals surface area contributed by atoms with Gasteiger partial charge in [0.1, 0.15) is 0 Å². The van der Waals surface area contributed by atoms with Crippen molar-refractivity contribution in [3.63, 3.8) is 0 Å². The molecule has 0 saturated carbocycles. The molecule has 0 aromatic heterocycles. The molecule has 120 valence electrons. The lowest BCUT2D eigenvalue weighted by Gasteiger charge is -2.20. The van der Waals surface area contributed by atoms with Crippen LogP contribution in [0.15, 0.2) is 17.1 Å². The molecule has 1 atom stereocenters. The number of halogens is 3. The monoisotopic (exact) mass is 304 g/mol. The van der Waals surface area contributed by atoms with Crippen molar-refractivity contribution < 1.29 is 13.2 Å². The maximum Gasteiger partial charge on any atom is 0.401 e. The number of rotatable bonds is 4. The molecule has 1 unspecified atom stereocenters. The van der Waals surface area contributed by atoms with Gasteiger partial charge >= 0.3 is 6.18 Å². The van der Waals surface area contributed by atoms with Gasteiger partial charge in [0.05, 0.1) is 6.54 Å². The average Bonchev–Trinajstić information content (AvgIpc) is 3.04. The van der Waals surface area contributed by atoms with Crippen LogP contribution in [-0.4, -0.2) is 56.3 Å². The zero-order valence-corrected chi connectivity index (χ0v) is 12.3. The van der Waals surface area contributed by atoms with Crippen molar-refractivity contribution in [1.29, 1.82) is 0 Å². The second-order valence-corrected chi connectivity index (χ2v) is 5.74. The molecule has 21 heavy (non-hydrogen) atoms. The van der Waals surface area contributed by atoms with E-state index in [0.29, 0.717) is 25.7 Å². The van der Waals surface area contributed by atoms with Crippen LogP contribution >= 0.6 is 0 Å². The summed E-state index contributed by atoms with van der Waals surface area (Å²) in [6.45, 7) is 0.872. The fourth-order valence-corrected chi connectivity index (χ4v) is 2.84. The standard InChI is InChI=1S/C14H23F3N4/c1-18-13(20-12-4-2-3-5-12)19-8-11-6-7-21(9-11)10-14(15,16)17/h2-3,11-12H,4-10H2,1H3,(H2,18,19,20). The third kappa shape index (κ3) is 5.57. The average molecular weight is 304 g/mol. The van der Waals surface area contributed by atoms with E-state index >= 15 is 0 Å². The smallest absolute Gasteiger partial charge is 0.356 e. The van der Waals surface area contributed by atoms with Crippen LogP contribution in [0.5, 0.6) is 0 Å². The Morgan fingerprint density at radius 1 is 1.33 bits per heavy atom. The molecule has 0 aromatic carbocycles. The SMILES string of the molecule is CN=C(NCC1CCN(CC(F)(F)F)C1)NC1CC=CC1. The largest absolute Gasteiger partial charge is 0.401 e. The van der Waals surface area contributed by atoms with Crippen LogP contribution in [0.1, 0.15) is 19.3 Å². The van der Waals surface area contributed by atoms with Gasteiger partial charge in [-0.2, -0.15) is 13.2 Å². The summed E-state index contributed by atoms with van der Waals surface area (Å²) in [7, 11) is 1.71. The van der Waals surface area contributed by atoms with Gasteiger partial charge in [-0.3, -0.25) is 9.89 Å². The Balaban J connectivity index is 1.68. The quantitative estimate of drug-likeness (QED) is 0.472. The summed E-state index contributed by atoms with van der Waals surface area (Å²) >= 11 is 0. The summed E-state index contributed by atoms with van der Waals surface area (Å²) in [5.74, 6) is 0.977. The molecule has 0 bridgehead atoms. The molecule has 0 radical (unpaired) electrons. The topological polar surface area (TPSA) is 39.7 Å². The van der Waals surface area contributed by atoms with Gasteiger partial charge in [-0.25, -0.2) is 0 Å². The van der Waals surface area contributed by atoms with Gasteiger partial charge in [-0.1, -0.05) is 12.2 Å². The zero-order chi connectivity index (χ0) is 15.3. The molecule has 0 amide bonds. The van der Waals surface area contributed by atoms with Gasteiger partial charge in [-0.05, 0) is 31.7 Å². The van der Waals surface area contributed by atoms with Gasteiger partial charge < -0.3 is 10.6 Å².